The number of hydrogen-bond acceptors (Lipinski definition) is 4. The Hall–Kier alpha value is -3.41. The molecule has 6 heteroatoms. The molecule has 1 fully saturated rings. The molecule has 0 radical (unpaired) electrons. The number of nitrogens with one attached hydrogen (secondary N) is 1. The average Bonchev–Trinajstić information content (AvgIpc) is 2.90. The van der Waals surface area contributed by atoms with Gasteiger partial charge in [0.15, 0.2) is 0 Å². The van der Waals surface area contributed by atoms with E-state index in [9.17, 15) is 14.4 Å². The summed E-state index contributed by atoms with van der Waals surface area (Å²) < 4.78 is 5.38. The molecular formula is C22H20N2O4. The van der Waals surface area contributed by atoms with E-state index in [1.54, 1.807) is 19.1 Å². The summed E-state index contributed by atoms with van der Waals surface area (Å²) in [4.78, 5) is 39.0. The molecule has 3 amide bonds. The molecule has 2 heterocycles. The van der Waals surface area contributed by atoms with Gasteiger partial charge in [0.25, 0.3) is 5.91 Å². The molecule has 0 saturated carbocycles. The highest BCUT2D eigenvalue weighted by atomic mass is 16.4. The minimum absolute atomic E-state index is 0.00229. The van der Waals surface area contributed by atoms with Crippen molar-refractivity contribution in [1.29, 1.82) is 0 Å². The Labute approximate surface area is 161 Å². The van der Waals surface area contributed by atoms with Crippen molar-refractivity contribution in [1.82, 2.24) is 10.2 Å². The van der Waals surface area contributed by atoms with Gasteiger partial charge >= 0.3 is 11.7 Å². The van der Waals surface area contributed by atoms with Crippen molar-refractivity contribution in [2.45, 2.75) is 32.9 Å². The van der Waals surface area contributed by atoms with Gasteiger partial charge in [0.1, 0.15) is 11.1 Å². The fourth-order valence-corrected chi connectivity index (χ4v) is 3.63. The number of urea groups is 1. The molecule has 3 aromatic rings. The van der Waals surface area contributed by atoms with Crippen LogP contribution in [-0.2, 0) is 16.9 Å². The van der Waals surface area contributed by atoms with Crippen LogP contribution in [0.3, 0.4) is 0 Å². The minimum atomic E-state index is -1.14. The van der Waals surface area contributed by atoms with Crippen LogP contribution in [0.25, 0.3) is 11.0 Å². The van der Waals surface area contributed by atoms with E-state index >= 15 is 0 Å². The predicted octanol–water partition coefficient (Wildman–Crippen LogP) is 3.38. The molecule has 0 aliphatic carbocycles. The van der Waals surface area contributed by atoms with Gasteiger partial charge in [-0.25, -0.2) is 9.59 Å². The highest BCUT2D eigenvalue weighted by Crippen LogP contribution is 2.31. The van der Waals surface area contributed by atoms with Crippen molar-refractivity contribution in [3.63, 3.8) is 0 Å². The molecule has 0 spiro atoms. The topological polar surface area (TPSA) is 79.6 Å². The number of aryl methyl sites for hydroxylation is 2. The second-order valence-corrected chi connectivity index (χ2v) is 7.29. The van der Waals surface area contributed by atoms with Crippen molar-refractivity contribution in [2.75, 3.05) is 0 Å². The summed E-state index contributed by atoms with van der Waals surface area (Å²) in [6, 6.07) is 13.8. The number of hydrogen-bond donors (Lipinski definition) is 1. The summed E-state index contributed by atoms with van der Waals surface area (Å²) in [5, 5.41) is 3.50. The zero-order valence-electron chi connectivity index (χ0n) is 15.9. The van der Waals surface area contributed by atoms with Crippen LogP contribution in [0.15, 0.2) is 57.7 Å². The smallest absolute Gasteiger partial charge is 0.336 e. The maximum atomic E-state index is 13.1. The van der Waals surface area contributed by atoms with E-state index in [1.807, 2.05) is 44.2 Å². The average molecular weight is 376 g/mol. The molecule has 0 bridgehead atoms. The van der Waals surface area contributed by atoms with Gasteiger partial charge in [-0.3, -0.25) is 9.69 Å². The van der Waals surface area contributed by atoms with Crippen LogP contribution < -0.4 is 10.9 Å². The van der Waals surface area contributed by atoms with Gasteiger partial charge in [-0.05, 0) is 43.0 Å². The van der Waals surface area contributed by atoms with E-state index in [-0.39, 0.29) is 12.5 Å². The number of carbonyl (C=O) groups is 2. The predicted molar refractivity (Wildman–Crippen MR) is 105 cm³/mol. The maximum Gasteiger partial charge on any atom is 0.336 e. The minimum Gasteiger partial charge on any atom is -0.422 e. The summed E-state index contributed by atoms with van der Waals surface area (Å²) in [7, 11) is 0. The Morgan fingerprint density at radius 3 is 2.46 bits per heavy atom. The van der Waals surface area contributed by atoms with Gasteiger partial charge in [0.2, 0.25) is 0 Å². The van der Waals surface area contributed by atoms with E-state index in [2.05, 4.69) is 5.32 Å². The van der Waals surface area contributed by atoms with Crippen LogP contribution in [0.4, 0.5) is 4.79 Å². The Bertz CT molecular complexity index is 1170. The Kier molecular flexibility index (Phi) is 4.07. The molecule has 1 aliphatic rings. The lowest BCUT2D eigenvalue weighted by Crippen LogP contribution is -2.40. The van der Waals surface area contributed by atoms with Crippen molar-refractivity contribution in [3.05, 3.63) is 81.2 Å². The van der Waals surface area contributed by atoms with Gasteiger partial charge < -0.3 is 9.73 Å². The highest BCUT2D eigenvalue weighted by molar-refractivity contribution is 6.07. The lowest BCUT2D eigenvalue weighted by molar-refractivity contribution is -0.131. The molecule has 6 nitrogen and oxygen atoms in total. The van der Waals surface area contributed by atoms with Crippen molar-refractivity contribution < 1.29 is 14.0 Å². The fourth-order valence-electron chi connectivity index (χ4n) is 3.63. The van der Waals surface area contributed by atoms with Gasteiger partial charge in [-0.15, -0.1) is 0 Å². The van der Waals surface area contributed by atoms with Crippen LogP contribution in [0.1, 0.15) is 29.2 Å². The van der Waals surface area contributed by atoms with E-state index in [0.717, 1.165) is 21.4 Å². The van der Waals surface area contributed by atoms with Crippen LogP contribution in [-0.4, -0.2) is 16.8 Å². The molecule has 2 aromatic carbocycles. The largest absolute Gasteiger partial charge is 0.422 e. The molecule has 1 N–H and O–H groups in total. The maximum absolute atomic E-state index is 13.1. The monoisotopic (exact) mass is 376 g/mol. The summed E-state index contributed by atoms with van der Waals surface area (Å²) in [5.41, 5.74) is 1.99. The molecule has 28 heavy (non-hydrogen) atoms. The number of amides is 3. The van der Waals surface area contributed by atoms with E-state index < -0.39 is 17.2 Å². The van der Waals surface area contributed by atoms with Crippen molar-refractivity contribution in [3.8, 4) is 0 Å². The van der Waals surface area contributed by atoms with Crippen LogP contribution in [0, 0.1) is 13.8 Å². The third-order valence-electron chi connectivity index (χ3n) is 5.47. The third kappa shape index (κ3) is 2.69. The van der Waals surface area contributed by atoms with Crippen LogP contribution in [0.5, 0.6) is 0 Å². The molecular weight excluding hydrogens is 356 g/mol. The Morgan fingerprint density at radius 2 is 1.75 bits per heavy atom. The Balaban J connectivity index is 1.76. The third-order valence-corrected chi connectivity index (χ3v) is 5.47. The molecule has 1 saturated heterocycles. The molecule has 1 aromatic heterocycles. The summed E-state index contributed by atoms with van der Waals surface area (Å²) in [6.45, 7) is 5.50. The molecule has 1 atom stereocenters. The highest BCUT2D eigenvalue weighted by Gasteiger charge is 2.48. The first kappa shape index (κ1) is 18.0. The molecule has 1 aliphatic heterocycles. The summed E-state index contributed by atoms with van der Waals surface area (Å²) >= 11 is 0. The zero-order valence-corrected chi connectivity index (χ0v) is 15.9. The number of rotatable bonds is 3. The van der Waals surface area contributed by atoms with Crippen LogP contribution >= 0.6 is 0 Å². The SMILES string of the molecule is Cc1ccc2c(CN3C(=O)N[C@@](C)(c4ccccc4)C3=O)cc(=O)oc2c1C. The number of carbonyl (C=O) groups excluding carboxylic acids is 2. The van der Waals surface area contributed by atoms with Crippen molar-refractivity contribution >= 4 is 22.9 Å². The summed E-state index contributed by atoms with van der Waals surface area (Å²) in [5.74, 6) is -0.353. The van der Waals surface area contributed by atoms with E-state index in [1.165, 1.54) is 6.07 Å². The lowest BCUT2D eigenvalue weighted by Gasteiger charge is -2.22. The first-order valence-corrected chi connectivity index (χ1v) is 9.04. The first-order valence-electron chi connectivity index (χ1n) is 9.04. The second kappa shape index (κ2) is 6.34. The Morgan fingerprint density at radius 1 is 1.04 bits per heavy atom. The standard InChI is InChI=1S/C22H20N2O4/c1-13-9-10-17-15(11-18(25)28-19(17)14(13)2)12-24-20(26)22(3,23-21(24)27)16-7-5-4-6-8-16/h4-11H,12H2,1-3H3,(H,23,27)/t22-/m0/s1. The first-order chi connectivity index (χ1) is 13.3. The van der Waals surface area contributed by atoms with Crippen molar-refractivity contribution in [2.24, 2.45) is 0 Å². The van der Waals surface area contributed by atoms with Gasteiger partial charge in [-0.2, -0.15) is 0 Å². The van der Waals surface area contributed by atoms with Crippen LogP contribution in [0.2, 0.25) is 0 Å². The van der Waals surface area contributed by atoms with Gasteiger partial charge in [0.05, 0.1) is 6.54 Å². The fraction of sp³-hybridized carbons (Fsp3) is 0.227. The number of benzene rings is 2. The summed E-state index contributed by atoms with van der Waals surface area (Å²) in [6.07, 6.45) is 0. The molecule has 4 rings (SSSR count). The number of imide groups is 1. The molecule has 142 valence electrons. The van der Waals surface area contributed by atoms with Gasteiger partial charge in [0, 0.05) is 11.5 Å². The molecule has 0 unspecified atom stereocenters. The van der Waals surface area contributed by atoms with Gasteiger partial charge in [-0.1, -0.05) is 42.5 Å². The normalized spacial score (nSPS) is 19.3. The van der Waals surface area contributed by atoms with E-state index in [4.69, 9.17) is 4.42 Å². The second-order valence-electron chi connectivity index (χ2n) is 7.29. The zero-order chi connectivity index (χ0) is 20.1. The quantitative estimate of drug-likeness (QED) is 0.561. The number of nitrogens with zero attached hydrogens (tertiary/aromatic N) is 1. The van der Waals surface area contributed by atoms with E-state index in [0.29, 0.717) is 16.7 Å². The number of fused-ring (bicyclic) bond motifs is 1. The lowest BCUT2D eigenvalue weighted by atomic mass is 9.92.